The van der Waals surface area contributed by atoms with Crippen molar-refractivity contribution in [1.29, 1.82) is 0 Å². The molecule has 112 valence electrons. The average Bonchev–Trinajstić information content (AvgIpc) is 3.08. The summed E-state index contributed by atoms with van der Waals surface area (Å²) in [4.78, 5) is 0. The van der Waals surface area contributed by atoms with Crippen LogP contribution in [0.25, 0.3) is 0 Å². The molecule has 0 radical (unpaired) electrons. The molecule has 1 N–H and O–H groups in total. The van der Waals surface area contributed by atoms with E-state index in [1.807, 2.05) is 67.6 Å². The number of aromatic nitrogens is 3. The molecule has 2 unspecified atom stereocenters. The zero-order chi connectivity index (χ0) is 15.4. The third-order valence-corrected chi connectivity index (χ3v) is 4.16. The molecule has 22 heavy (non-hydrogen) atoms. The van der Waals surface area contributed by atoms with Gasteiger partial charge in [0.1, 0.15) is 5.60 Å². The second kappa shape index (κ2) is 6.12. The Morgan fingerprint density at radius 3 is 2.27 bits per heavy atom. The predicted octanol–water partition coefficient (Wildman–Crippen LogP) is 2.97. The second-order valence-electron chi connectivity index (χ2n) is 5.52. The van der Waals surface area contributed by atoms with Crippen LogP contribution in [0.2, 0.25) is 0 Å². The van der Waals surface area contributed by atoms with Crippen molar-refractivity contribution >= 4 is 0 Å². The average molecular weight is 293 g/mol. The molecule has 3 rings (SSSR count). The van der Waals surface area contributed by atoms with Gasteiger partial charge in [0.25, 0.3) is 0 Å². The molecular formula is C18H19N3O. The van der Waals surface area contributed by atoms with Gasteiger partial charge in [0, 0.05) is 12.1 Å². The van der Waals surface area contributed by atoms with Gasteiger partial charge in [-0.1, -0.05) is 72.8 Å². The summed E-state index contributed by atoms with van der Waals surface area (Å²) in [6.07, 6.45) is 3.39. The summed E-state index contributed by atoms with van der Waals surface area (Å²) in [5, 5.41) is 19.3. The maximum atomic E-state index is 11.5. The monoisotopic (exact) mass is 293 g/mol. The molecule has 0 saturated heterocycles. The molecule has 0 amide bonds. The molecule has 1 aromatic heterocycles. The highest BCUT2D eigenvalue weighted by Gasteiger charge is 2.37. The highest BCUT2D eigenvalue weighted by Crippen LogP contribution is 2.37. The molecule has 4 nitrogen and oxygen atoms in total. The minimum absolute atomic E-state index is 0.0831. The Kier molecular flexibility index (Phi) is 4.02. The van der Waals surface area contributed by atoms with Crippen LogP contribution in [0.5, 0.6) is 0 Å². The summed E-state index contributed by atoms with van der Waals surface area (Å²) in [7, 11) is 0. The van der Waals surface area contributed by atoms with Gasteiger partial charge < -0.3 is 5.11 Å². The van der Waals surface area contributed by atoms with E-state index in [0.717, 1.165) is 11.1 Å². The molecule has 0 bridgehead atoms. The van der Waals surface area contributed by atoms with Crippen molar-refractivity contribution in [2.75, 3.05) is 0 Å². The van der Waals surface area contributed by atoms with Crippen molar-refractivity contribution in [3.05, 3.63) is 84.2 Å². The third kappa shape index (κ3) is 2.78. The normalized spacial score (nSPS) is 15.2. The SMILES string of the molecule is CC(c1ccccc1)C(O)(Cn1ccnn1)c1ccccc1. The van der Waals surface area contributed by atoms with Gasteiger partial charge in [-0.15, -0.1) is 5.10 Å². The molecule has 0 spiro atoms. The standard InChI is InChI=1S/C18H19N3O/c1-15(16-8-4-2-5-9-16)18(22,14-21-13-12-19-20-21)17-10-6-3-7-11-17/h2-13,15,22H,14H2,1H3. The van der Waals surface area contributed by atoms with Crippen molar-refractivity contribution in [3.8, 4) is 0 Å². The van der Waals surface area contributed by atoms with Crippen molar-refractivity contribution in [1.82, 2.24) is 15.0 Å². The first kappa shape index (κ1) is 14.5. The number of hydrogen-bond acceptors (Lipinski definition) is 3. The van der Waals surface area contributed by atoms with Gasteiger partial charge in [0.2, 0.25) is 0 Å². The topological polar surface area (TPSA) is 50.9 Å². The summed E-state index contributed by atoms with van der Waals surface area (Å²) in [5.74, 6) is -0.0831. The Hall–Kier alpha value is -2.46. The summed E-state index contributed by atoms with van der Waals surface area (Å²) < 4.78 is 1.67. The third-order valence-electron chi connectivity index (χ3n) is 4.16. The smallest absolute Gasteiger partial charge is 0.116 e. The first-order valence-electron chi connectivity index (χ1n) is 7.37. The Labute approximate surface area is 130 Å². The molecule has 0 fully saturated rings. The quantitative estimate of drug-likeness (QED) is 0.787. The van der Waals surface area contributed by atoms with E-state index in [2.05, 4.69) is 10.3 Å². The van der Waals surface area contributed by atoms with Crippen molar-refractivity contribution in [3.63, 3.8) is 0 Å². The van der Waals surface area contributed by atoms with Crippen LogP contribution in [0.4, 0.5) is 0 Å². The van der Waals surface area contributed by atoms with Gasteiger partial charge in [-0.3, -0.25) is 0 Å². The molecule has 3 aromatic rings. The van der Waals surface area contributed by atoms with Gasteiger partial charge >= 0.3 is 0 Å². The number of rotatable bonds is 5. The molecule has 2 aromatic carbocycles. The van der Waals surface area contributed by atoms with Crippen LogP contribution in [0.1, 0.15) is 24.0 Å². The first-order valence-corrected chi connectivity index (χ1v) is 7.37. The summed E-state index contributed by atoms with van der Waals surface area (Å²) >= 11 is 0. The van der Waals surface area contributed by atoms with Crippen LogP contribution in [0.15, 0.2) is 73.1 Å². The van der Waals surface area contributed by atoms with E-state index < -0.39 is 5.60 Å². The summed E-state index contributed by atoms with van der Waals surface area (Å²) in [5.41, 5.74) is 0.909. The minimum atomic E-state index is -1.06. The second-order valence-corrected chi connectivity index (χ2v) is 5.52. The zero-order valence-electron chi connectivity index (χ0n) is 12.5. The number of aliphatic hydroxyl groups is 1. The van der Waals surface area contributed by atoms with Crippen molar-refractivity contribution < 1.29 is 5.11 Å². The Morgan fingerprint density at radius 1 is 1.05 bits per heavy atom. The van der Waals surface area contributed by atoms with E-state index in [1.54, 1.807) is 17.1 Å². The fraction of sp³-hybridized carbons (Fsp3) is 0.222. The molecule has 0 aliphatic carbocycles. The molecule has 0 aliphatic heterocycles. The van der Waals surface area contributed by atoms with E-state index in [-0.39, 0.29) is 5.92 Å². The maximum Gasteiger partial charge on any atom is 0.116 e. The number of benzene rings is 2. The molecular weight excluding hydrogens is 274 g/mol. The highest BCUT2D eigenvalue weighted by molar-refractivity contribution is 5.30. The van der Waals surface area contributed by atoms with Gasteiger partial charge in [0.15, 0.2) is 0 Å². The van der Waals surface area contributed by atoms with Gasteiger partial charge in [-0.25, -0.2) is 4.68 Å². The maximum absolute atomic E-state index is 11.5. The number of hydrogen-bond donors (Lipinski definition) is 1. The van der Waals surface area contributed by atoms with Crippen LogP contribution in [0, 0.1) is 0 Å². The summed E-state index contributed by atoms with van der Waals surface area (Å²) in [6.45, 7) is 2.40. The van der Waals surface area contributed by atoms with Crippen LogP contribution >= 0.6 is 0 Å². The molecule has 2 atom stereocenters. The Bertz CT molecular complexity index is 698. The lowest BCUT2D eigenvalue weighted by atomic mass is 9.78. The lowest BCUT2D eigenvalue weighted by Crippen LogP contribution is -2.37. The van der Waals surface area contributed by atoms with Gasteiger partial charge in [-0.2, -0.15) is 0 Å². The van der Waals surface area contributed by atoms with E-state index in [9.17, 15) is 5.11 Å². The van der Waals surface area contributed by atoms with E-state index in [0.29, 0.717) is 6.54 Å². The van der Waals surface area contributed by atoms with Crippen molar-refractivity contribution in [2.45, 2.75) is 25.0 Å². The van der Waals surface area contributed by atoms with Gasteiger partial charge in [-0.05, 0) is 11.1 Å². The molecule has 1 heterocycles. The van der Waals surface area contributed by atoms with Crippen LogP contribution < -0.4 is 0 Å². The van der Waals surface area contributed by atoms with E-state index in [1.165, 1.54) is 0 Å². The Balaban J connectivity index is 2.02. The summed E-state index contributed by atoms with van der Waals surface area (Å²) in [6, 6.07) is 19.8. The lowest BCUT2D eigenvalue weighted by molar-refractivity contribution is -0.00835. The van der Waals surface area contributed by atoms with Crippen LogP contribution in [-0.4, -0.2) is 20.1 Å². The van der Waals surface area contributed by atoms with Gasteiger partial charge in [0.05, 0.1) is 12.7 Å². The van der Waals surface area contributed by atoms with E-state index in [4.69, 9.17) is 0 Å². The fourth-order valence-corrected chi connectivity index (χ4v) is 2.79. The fourth-order valence-electron chi connectivity index (χ4n) is 2.79. The molecule has 0 aliphatic rings. The Morgan fingerprint density at radius 2 is 1.68 bits per heavy atom. The molecule has 4 heteroatoms. The predicted molar refractivity (Wildman–Crippen MR) is 85.2 cm³/mol. The molecule has 0 saturated carbocycles. The zero-order valence-corrected chi connectivity index (χ0v) is 12.5. The van der Waals surface area contributed by atoms with Crippen molar-refractivity contribution in [2.24, 2.45) is 0 Å². The lowest BCUT2D eigenvalue weighted by Gasteiger charge is -2.35. The number of nitrogens with zero attached hydrogens (tertiary/aromatic N) is 3. The first-order chi connectivity index (χ1) is 10.7. The van der Waals surface area contributed by atoms with E-state index >= 15 is 0 Å². The largest absolute Gasteiger partial charge is 0.383 e. The highest BCUT2D eigenvalue weighted by atomic mass is 16.3. The van der Waals surface area contributed by atoms with Crippen LogP contribution in [-0.2, 0) is 12.1 Å². The van der Waals surface area contributed by atoms with Crippen LogP contribution in [0.3, 0.4) is 0 Å². The minimum Gasteiger partial charge on any atom is -0.383 e.